The number of hydrogen-bond acceptors (Lipinski definition) is 4. The van der Waals surface area contributed by atoms with Gasteiger partial charge in [0.2, 0.25) is 0 Å². The second kappa shape index (κ2) is 10.0. The molecule has 36 heavy (non-hydrogen) atoms. The van der Waals surface area contributed by atoms with Gasteiger partial charge in [0.05, 0.1) is 17.5 Å². The Labute approximate surface area is 207 Å². The van der Waals surface area contributed by atoms with Gasteiger partial charge in [0.25, 0.3) is 0 Å². The molecule has 1 saturated carbocycles. The zero-order valence-corrected chi connectivity index (χ0v) is 19.6. The third-order valence-electron chi connectivity index (χ3n) is 6.73. The summed E-state index contributed by atoms with van der Waals surface area (Å²) in [5.41, 5.74) is 3.80. The number of rotatable bonds is 5. The summed E-state index contributed by atoms with van der Waals surface area (Å²) in [7, 11) is 0. The Morgan fingerprint density at radius 3 is 2.58 bits per heavy atom. The van der Waals surface area contributed by atoms with Crippen LogP contribution in [0.25, 0.3) is 16.8 Å². The van der Waals surface area contributed by atoms with Gasteiger partial charge in [-0.3, -0.25) is 0 Å². The Morgan fingerprint density at radius 2 is 1.86 bits per heavy atom. The third kappa shape index (κ3) is 4.92. The molecule has 5 rings (SSSR count). The van der Waals surface area contributed by atoms with E-state index in [1.807, 2.05) is 35.0 Å². The number of aromatic nitrogens is 3. The number of benzene rings is 1. The molecule has 1 aromatic carbocycles. The second-order valence-electron chi connectivity index (χ2n) is 9.13. The normalized spacial score (nSPS) is 16.8. The average molecular weight is 491 g/mol. The van der Waals surface area contributed by atoms with Crippen LogP contribution in [0.5, 0.6) is 5.75 Å². The van der Waals surface area contributed by atoms with Gasteiger partial charge in [-0.05, 0) is 48.6 Å². The van der Waals surface area contributed by atoms with E-state index in [1.54, 1.807) is 12.3 Å². The van der Waals surface area contributed by atoms with Crippen molar-refractivity contribution in [2.24, 2.45) is 0 Å². The fraction of sp³-hybridized carbons (Fsp3) is 0.321. The molecular formula is C28H25F3N4O. The van der Waals surface area contributed by atoms with E-state index in [9.17, 15) is 18.4 Å². The van der Waals surface area contributed by atoms with Crippen LogP contribution < -0.4 is 4.74 Å². The standard InChI is InChI=1S/C28H25F3N4O/c29-28(30,31)23-9-5-4-6-19(14-23)18-36-24-12-10-20(11-13-24)25-17-33-27-22(15-32)16-34-35(27)26(25)21-7-2-1-3-8-21/h5-6,9-14,16-17,21H,1-4,7-8,18H2. The molecule has 0 amide bonds. The Balaban J connectivity index is 1.40. The van der Waals surface area contributed by atoms with E-state index in [4.69, 9.17) is 4.74 Å². The van der Waals surface area contributed by atoms with Crippen LogP contribution in [0.3, 0.4) is 0 Å². The molecule has 3 aromatic rings. The van der Waals surface area contributed by atoms with E-state index in [0.717, 1.165) is 54.7 Å². The summed E-state index contributed by atoms with van der Waals surface area (Å²) in [5, 5.41) is 13.9. The Kier molecular flexibility index (Phi) is 6.64. The molecule has 0 bridgehead atoms. The first-order valence-corrected chi connectivity index (χ1v) is 12.1. The van der Waals surface area contributed by atoms with Gasteiger partial charge in [0, 0.05) is 17.7 Å². The van der Waals surface area contributed by atoms with E-state index in [0.29, 0.717) is 34.9 Å². The molecule has 5 nitrogen and oxygen atoms in total. The van der Waals surface area contributed by atoms with Crippen molar-refractivity contribution in [3.8, 4) is 22.9 Å². The highest BCUT2D eigenvalue weighted by Crippen LogP contribution is 2.38. The number of halogens is 3. The molecule has 0 N–H and O–H groups in total. The number of alkyl halides is 3. The minimum Gasteiger partial charge on any atom is -0.489 e. The summed E-state index contributed by atoms with van der Waals surface area (Å²) < 4.78 is 47.0. The number of allylic oxidation sites excluding steroid dienone is 4. The predicted octanol–water partition coefficient (Wildman–Crippen LogP) is 7.07. The Morgan fingerprint density at radius 1 is 1.08 bits per heavy atom. The van der Waals surface area contributed by atoms with E-state index in [1.165, 1.54) is 12.5 Å². The van der Waals surface area contributed by atoms with Crippen molar-refractivity contribution < 1.29 is 17.9 Å². The lowest BCUT2D eigenvalue weighted by Gasteiger charge is -2.25. The van der Waals surface area contributed by atoms with Crippen molar-refractivity contribution in [3.05, 3.63) is 83.4 Å². The van der Waals surface area contributed by atoms with Gasteiger partial charge in [-0.2, -0.15) is 23.5 Å². The summed E-state index contributed by atoms with van der Waals surface area (Å²) in [4.78, 5) is 4.53. The first kappa shape index (κ1) is 23.9. The van der Waals surface area contributed by atoms with Crippen molar-refractivity contribution in [3.63, 3.8) is 0 Å². The minimum atomic E-state index is -4.39. The molecule has 2 aliphatic carbocycles. The molecule has 0 atom stereocenters. The van der Waals surface area contributed by atoms with E-state index < -0.39 is 11.7 Å². The maximum absolute atomic E-state index is 13.1. The molecule has 0 unspecified atom stereocenters. The molecule has 2 heterocycles. The highest BCUT2D eigenvalue weighted by Gasteiger charge is 2.32. The lowest BCUT2D eigenvalue weighted by Crippen LogP contribution is -2.12. The number of nitrogens with zero attached hydrogens (tertiary/aromatic N) is 4. The van der Waals surface area contributed by atoms with Gasteiger partial charge in [0.1, 0.15) is 24.0 Å². The highest BCUT2D eigenvalue weighted by molar-refractivity contribution is 5.69. The zero-order chi connectivity index (χ0) is 25.1. The lowest BCUT2D eigenvalue weighted by atomic mass is 9.84. The highest BCUT2D eigenvalue weighted by atomic mass is 19.4. The van der Waals surface area contributed by atoms with E-state index in [-0.39, 0.29) is 6.61 Å². The number of ether oxygens (including phenoxy) is 1. The van der Waals surface area contributed by atoms with Gasteiger partial charge in [-0.25, -0.2) is 9.50 Å². The van der Waals surface area contributed by atoms with Gasteiger partial charge < -0.3 is 4.74 Å². The zero-order valence-electron chi connectivity index (χ0n) is 19.6. The second-order valence-corrected chi connectivity index (χ2v) is 9.13. The first-order valence-electron chi connectivity index (χ1n) is 12.1. The van der Waals surface area contributed by atoms with Crippen LogP contribution in [0.4, 0.5) is 13.2 Å². The summed E-state index contributed by atoms with van der Waals surface area (Å²) in [6.07, 6.45) is 10.5. The fourth-order valence-electron chi connectivity index (χ4n) is 4.91. The molecule has 0 aliphatic heterocycles. The van der Waals surface area contributed by atoms with Crippen LogP contribution in [0.2, 0.25) is 0 Å². The predicted molar refractivity (Wildman–Crippen MR) is 130 cm³/mol. The molecule has 0 spiro atoms. The monoisotopic (exact) mass is 490 g/mol. The van der Waals surface area contributed by atoms with Gasteiger partial charge >= 0.3 is 6.18 Å². The molecule has 8 heteroatoms. The van der Waals surface area contributed by atoms with Crippen LogP contribution in [0.15, 0.2) is 72.1 Å². The third-order valence-corrected chi connectivity index (χ3v) is 6.73. The largest absolute Gasteiger partial charge is 0.489 e. The van der Waals surface area contributed by atoms with Crippen molar-refractivity contribution in [1.82, 2.24) is 14.6 Å². The molecule has 1 fully saturated rings. The van der Waals surface area contributed by atoms with Crippen molar-refractivity contribution in [2.75, 3.05) is 6.61 Å². The summed E-state index contributed by atoms with van der Waals surface area (Å²) >= 11 is 0. The SMILES string of the molecule is N#Cc1cnn2c(C3CCCCC3)c(-c3ccc(OCC4=CCC=CC(C(F)(F)F)=C4)cc3)cnc12. The minimum absolute atomic E-state index is 0.0473. The molecular weight excluding hydrogens is 465 g/mol. The van der Waals surface area contributed by atoms with Gasteiger partial charge in [-0.1, -0.05) is 49.6 Å². The van der Waals surface area contributed by atoms with Crippen LogP contribution in [-0.4, -0.2) is 27.4 Å². The molecule has 0 radical (unpaired) electrons. The number of nitriles is 1. The van der Waals surface area contributed by atoms with Crippen LogP contribution in [-0.2, 0) is 0 Å². The van der Waals surface area contributed by atoms with Crippen LogP contribution in [0.1, 0.15) is 55.7 Å². The van der Waals surface area contributed by atoms with Crippen LogP contribution in [0, 0.1) is 11.3 Å². The summed E-state index contributed by atoms with van der Waals surface area (Å²) in [6, 6.07) is 9.66. The number of fused-ring (bicyclic) bond motifs is 1. The van der Waals surface area contributed by atoms with Gasteiger partial charge in [-0.15, -0.1) is 0 Å². The van der Waals surface area contributed by atoms with Crippen molar-refractivity contribution in [1.29, 1.82) is 5.26 Å². The van der Waals surface area contributed by atoms with E-state index >= 15 is 0 Å². The smallest absolute Gasteiger partial charge is 0.416 e. The van der Waals surface area contributed by atoms with Crippen LogP contribution >= 0.6 is 0 Å². The molecule has 184 valence electrons. The molecule has 0 saturated heterocycles. The Bertz CT molecular complexity index is 1390. The van der Waals surface area contributed by atoms with E-state index in [2.05, 4.69) is 16.2 Å². The quantitative estimate of drug-likeness (QED) is 0.384. The van der Waals surface area contributed by atoms with Crippen molar-refractivity contribution in [2.45, 2.75) is 50.6 Å². The maximum Gasteiger partial charge on any atom is 0.416 e. The summed E-state index contributed by atoms with van der Waals surface area (Å²) in [5.74, 6) is 0.893. The average Bonchev–Trinajstić information content (AvgIpc) is 3.15. The first-order chi connectivity index (χ1) is 17.4. The Hall–Kier alpha value is -3.86. The fourth-order valence-corrected chi connectivity index (χ4v) is 4.91. The van der Waals surface area contributed by atoms with Crippen molar-refractivity contribution >= 4 is 5.65 Å². The molecule has 2 aromatic heterocycles. The number of hydrogen-bond donors (Lipinski definition) is 0. The summed E-state index contributed by atoms with van der Waals surface area (Å²) in [6.45, 7) is 0.0473. The topological polar surface area (TPSA) is 63.2 Å². The maximum atomic E-state index is 13.1. The molecule has 2 aliphatic rings. The lowest BCUT2D eigenvalue weighted by molar-refractivity contribution is -0.0882. The van der Waals surface area contributed by atoms with Gasteiger partial charge in [0.15, 0.2) is 5.65 Å².